The van der Waals surface area contributed by atoms with Gasteiger partial charge in [0.15, 0.2) is 5.69 Å². The number of carbonyl (C=O) groups is 1. The van der Waals surface area contributed by atoms with Crippen molar-refractivity contribution in [1.82, 2.24) is 19.6 Å². The van der Waals surface area contributed by atoms with Gasteiger partial charge in [0.25, 0.3) is 5.91 Å². The number of amides is 1. The van der Waals surface area contributed by atoms with Gasteiger partial charge >= 0.3 is 0 Å². The summed E-state index contributed by atoms with van der Waals surface area (Å²) < 4.78 is 25.2. The van der Waals surface area contributed by atoms with Gasteiger partial charge in [-0.05, 0) is 25.1 Å². The lowest BCUT2D eigenvalue weighted by molar-refractivity contribution is 0.0740. The lowest BCUT2D eigenvalue weighted by atomic mass is 10.2. The lowest BCUT2D eigenvalue weighted by Crippen LogP contribution is -2.38. The average molecular weight is 322 g/mol. The monoisotopic (exact) mass is 322 g/mol. The Morgan fingerprint density at radius 1 is 1.45 bits per heavy atom. The number of imidazole rings is 1. The van der Waals surface area contributed by atoms with Crippen LogP contribution in [0.3, 0.4) is 0 Å². The minimum Gasteiger partial charge on any atom is -0.336 e. The van der Waals surface area contributed by atoms with Gasteiger partial charge in [-0.25, -0.2) is 13.4 Å². The molecule has 0 aromatic carbocycles. The Kier molecular flexibility index (Phi) is 3.65. The van der Waals surface area contributed by atoms with E-state index < -0.39 is 9.84 Å². The lowest BCUT2D eigenvalue weighted by Gasteiger charge is -2.22. The molecule has 0 bridgehead atoms. The Labute approximate surface area is 128 Å². The van der Waals surface area contributed by atoms with Crippen molar-refractivity contribution in [3.8, 4) is 0 Å². The van der Waals surface area contributed by atoms with E-state index >= 15 is 0 Å². The largest absolute Gasteiger partial charge is 0.336 e. The normalized spacial score (nSPS) is 18.7. The summed E-state index contributed by atoms with van der Waals surface area (Å²) in [5, 5.41) is 3.10. The smallest absolute Gasteiger partial charge is 0.274 e. The van der Waals surface area contributed by atoms with Gasteiger partial charge in [0.05, 0.1) is 5.52 Å². The quantitative estimate of drug-likeness (QED) is 0.871. The molecule has 0 spiro atoms. The van der Waals surface area contributed by atoms with Gasteiger partial charge in [0.2, 0.25) is 15.0 Å². The number of nitrogens with zero attached hydrogens (tertiary/aromatic N) is 3. The minimum atomic E-state index is -3.52. The number of hydrogen-bond acceptors (Lipinski definition) is 5. The second-order valence-electron chi connectivity index (χ2n) is 5.53. The van der Waals surface area contributed by atoms with Crippen molar-refractivity contribution in [2.45, 2.75) is 17.6 Å². The van der Waals surface area contributed by atoms with Crippen LogP contribution in [0.15, 0.2) is 29.6 Å². The van der Waals surface area contributed by atoms with Gasteiger partial charge in [-0.1, -0.05) is 6.07 Å². The maximum absolute atomic E-state index is 12.7. The fraction of sp³-hybridized carbons (Fsp3) is 0.429. The molecule has 1 N–H and O–H groups in total. The summed E-state index contributed by atoms with van der Waals surface area (Å²) in [6.07, 6.45) is 3.58. The Morgan fingerprint density at radius 2 is 2.23 bits per heavy atom. The first-order chi connectivity index (χ1) is 10.4. The fourth-order valence-electron chi connectivity index (χ4n) is 2.73. The molecule has 1 fully saturated rings. The van der Waals surface area contributed by atoms with Crippen LogP contribution in [0.1, 0.15) is 16.9 Å². The van der Waals surface area contributed by atoms with Crippen molar-refractivity contribution in [1.29, 1.82) is 0 Å². The van der Waals surface area contributed by atoms with Gasteiger partial charge < -0.3 is 10.2 Å². The standard InChI is InChI=1S/C14H18N4O3S/c1-17(10-6-7-15-9-10)13(19)12-11-5-3-4-8-18(11)14(16-12)22(2,20)21/h3-5,8,10,15H,6-7,9H2,1-2H3. The third-order valence-corrected chi connectivity index (χ3v) is 4.90. The van der Waals surface area contributed by atoms with E-state index in [4.69, 9.17) is 0 Å². The van der Waals surface area contributed by atoms with E-state index in [9.17, 15) is 13.2 Å². The first-order valence-electron chi connectivity index (χ1n) is 7.04. The summed E-state index contributed by atoms with van der Waals surface area (Å²) in [5.74, 6) is -0.257. The highest BCUT2D eigenvalue weighted by Gasteiger charge is 2.29. The summed E-state index contributed by atoms with van der Waals surface area (Å²) in [7, 11) is -1.79. The Morgan fingerprint density at radius 3 is 2.86 bits per heavy atom. The number of pyridine rings is 1. The van der Waals surface area contributed by atoms with E-state index in [1.165, 1.54) is 4.40 Å². The van der Waals surface area contributed by atoms with Crippen LogP contribution in [0.25, 0.3) is 5.52 Å². The molecule has 0 saturated carbocycles. The molecular weight excluding hydrogens is 304 g/mol. The van der Waals surface area contributed by atoms with E-state index in [0.29, 0.717) is 5.52 Å². The topological polar surface area (TPSA) is 83.8 Å². The van der Waals surface area contributed by atoms with E-state index in [1.54, 1.807) is 36.3 Å². The molecule has 1 unspecified atom stereocenters. The Balaban J connectivity index is 2.09. The molecule has 2 aromatic rings. The van der Waals surface area contributed by atoms with Gasteiger partial charge in [-0.15, -0.1) is 0 Å². The zero-order valence-corrected chi connectivity index (χ0v) is 13.3. The third-order valence-electron chi connectivity index (χ3n) is 3.95. The molecule has 7 nitrogen and oxygen atoms in total. The minimum absolute atomic E-state index is 0.106. The van der Waals surface area contributed by atoms with Crippen molar-refractivity contribution in [2.75, 3.05) is 26.4 Å². The molecule has 1 aliphatic rings. The third kappa shape index (κ3) is 2.48. The van der Waals surface area contributed by atoms with Gasteiger partial charge in [0, 0.05) is 32.1 Å². The molecule has 1 atom stereocenters. The van der Waals surface area contributed by atoms with Crippen LogP contribution >= 0.6 is 0 Å². The van der Waals surface area contributed by atoms with Crippen LogP contribution in [-0.4, -0.2) is 61.0 Å². The molecule has 1 saturated heterocycles. The average Bonchev–Trinajstić information content (AvgIpc) is 3.12. The number of likely N-dealkylation sites (N-methyl/N-ethyl adjacent to an activating group) is 1. The predicted molar refractivity (Wildman–Crippen MR) is 81.7 cm³/mol. The molecule has 0 radical (unpaired) electrons. The molecule has 3 heterocycles. The first-order valence-corrected chi connectivity index (χ1v) is 8.94. The molecule has 8 heteroatoms. The van der Waals surface area contributed by atoms with Crippen LogP contribution in [0.2, 0.25) is 0 Å². The number of aromatic nitrogens is 2. The number of rotatable bonds is 3. The second kappa shape index (κ2) is 5.36. The first kappa shape index (κ1) is 15.0. The van der Waals surface area contributed by atoms with E-state index in [0.717, 1.165) is 25.8 Å². The van der Waals surface area contributed by atoms with Crippen LogP contribution in [0, 0.1) is 0 Å². The molecule has 0 aliphatic carbocycles. The maximum Gasteiger partial charge on any atom is 0.274 e. The van der Waals surface area contributed by atoms with Gasteiger partial charge in [-0.3, -0.25) is 9.20 Å². The number of hydrogen-bond donors (Lipinski definition) is 1. The van der Waals surface area contributed by atoms with Crippen LogP contribution in [0.5, 0.6) is 0 Å². The maximum atomic E-state index is 12.7. The number of fused-ring (bicyclic) bond motifs is 1. The van der Waals surface area contributed by atoms with Crippen molar-refractivity contribution in [3.63, 3.8) is 0 Å². The highest BCUT2D eigenvalue weighted by atomic mass is 32.2. The Bertz CT molecular complexity index is 822. The van der Waals surface area contributed by atoms with Gasteiger partial charge in [0.1, 0.15) is 0 Å². The highest BCUT2D eigenvalue weighted by molar-refractivity contribution is 7.90. The van der Waals surface area contributed by atoms with Crippen LogP contribution < -0.4 is 5.32 Å². The summed E-state index contributed by atoms with van der Waals surface area (Å²) in [4.78, 5) is 18.5. The molecule has 3 rings (SSSR count). The summed E-state index contributed by atoms with van der Waals surface area (Å²) >= 11 is 0. The van der Waals surface area contributed by atoms with Crippen LogP contribution in [0.4, 0.5) is 0 Å². The van der Waals surface area contributed by atoms with Crippen molar-refractivity contribution < 1.29 is 13.2 Å². The molecule has 118 valence electrons. The zero-order chi connectivity index (χ0) is 15.9. The Hall–Kier alpha value is -1.93. The summed E-state index contributed by atoms with van der Waals surface area (Å²) in [6.45, 7) is 1.62. The molecule has 1 amide bonds. The highest BCUT2D eigenvalue weighted by Crippen LogP contribution is 2.19. The van der Waals surface area contributed by atoms with Crippen molar-refractivity contribution in [2.24, 2.45) is 0 Å². The molecule has 2 aromatic heterocycles. The van der Waals surface area contributed by atoms with E-state index in [2.05, 4.69) is 10.3 Å². The molecular formula is C14H18N4O3S. The number of nitrogens with one attached hydrogen (secondary N) is 1. The zero-order valence-electron chi connectivity index (χ0n) is 12.5. The molecule has 22 heavy (non-hydrogen) atoms. The summed E-state index contributed by atoms with van der Waals surface area (Å²) in [6, 6.07) is 5.28. The predicted octanol–water partition coefficient (Wildman–Crippen LogP) is 0.172. The number of sulfone groups is 1. The SMILES string of the molecule is CN(C(=O)c1nc(S(C)(=O)=O)n2ccccc12)C1CCNC1. The van der Waals surface area contributed by atoms with E-state index in [1.807, 2.05) is 0 Å². The summed E-state index contributed by atoms with van der Waals surface area (Å²) in [5.41, 5.74) is 0.682. The molecule has 1 aliphatic heterocycles. The van der Waals surface area contributed by atoms with Gasteiger partial charge in [-0.2, -0.15) is 0 Å². The fourth-order valence-corrected chi connectivity index (χ4v) is 3.51. The van der Waals surface area contributed by atoms with Crippen molar-refractivity contribution in [3.05, 3.63) is 30.1 Å². The van der Waals surface area contributed by atoms with Crippen LogP contribution in [-0.2, 0) is 9.84 Å². The van der Waals surface area contributed by atoms with E-state index in [-0.39, 0.29) is 22.8 Å². The van der Waals surface area contributed by atoms with Crippen molar-refractivity contribution >= 4 is 21.3 Å². The second-order valence-corrected chi connectivity index (χ2v) is 7.44. The number of carbonyl (C=O) groups excluding carboxylic acids is 1.